The van der Waals surface area contributed by atoms with Crippen molar-refractivity contribution >= 4 is 17.5 Å². The van der Waals surface area contributed by atoms with Crippen LogP contribution >= 0.6 is 11.6 Å². The van der Waals surface area contributed by atoms with Crippen molar-refractivity contribution in [1.82, 2.24) is 9.88 Å². The van der Waals surface area contributed by atoms with Crippen LogP contribution < -0.4 is 0 Å². The van der Waals surface area contributed by atoms with Crippen LogP contribution in [0.3, 0.4) is 0 Å². The van der Waals surface area contributed by atoms with Gasteiger partial charge in [-0.05, 0) is 12.1 Å². The molecule has 0 radical (unpaired) electrons. The van der Waals surface area contributed by atoms with Crippen molar-refractivity contribution < 1.29 is 4.79 Å². The minimum Gasteiger partial charge on any atom is -0.335 e. The van der Waals surface area contributed by atoms with E-state index >= 15 is 0 Å². The predicted molar refractivity (Wildman–Crippen MR) is 53.9 cm³/mol. The van der Waals surface area contributed by atoms with Crippen LogP contribution in [-0.2, 0) is 11.3 Å². The van der Waals surface area contributed by atoms with Gasteiger partial charge in [0.1, 0.15) is 0 Å². The van der Waals surface area contributed by atoms with E-state index in [9.17, 15) is 4.79 Å². The Kier molecular flexibility index (Phi) is 2.68. The maximum Gasteiger partial charge on any atom is 0.224 e. The normalized spacial score (nSPS) is 21.6. The molecule has 1 aromatic rings. The monoisotopic (exact) mass is 210 g/mol. The van der Waals surface area contributed by atoms with Gasteiger partial charge >= 0.3 is 0 Å². The minimum atomic E-state index is -0.0359. The fourth-order valence-corrected chi connectivity index (χ4v) is 1.86. The van der Waals surface area contributed by atoms with Crippen molar-refractivity contribution in [3.05, 3.63) is 30.1 Å². The van der Waals surface area contributed by atoms with Crippen molar-refractivity contribution in [3.63, 3.8) is 0 Å². The Hall–Kier alpha value is -1.09. The number of aromatic nitrogens is 1. The molecular weight excluding hydrogens is 200 g/mol. The fourth-order valence-electron chi connectivity index (χ4n) is 1.56. The number of carbonyl (C=O) groups is 1. The average molecular weight is 211 g/mol. The molecule has 0 N–H and O–H groups in total. The van der Waals surface area contributed by atoms with Gasteiger partial charge in [0.05, 0.1) is 17.6 Å². The summed E-state index contributed by atoms with van der Waals surface area (Å²) < 4.78 is 0. The minimum absolute atomic E-state index is 0.0359. The lowest BCUT2D eigenvalue weighted by atomic mass is 10.3. The van der Waals surface area contributed by atoms with Gasteiger partial charge in [0, 0.05) is 19.2 Å². The number of rotatable bonds is 2. The van der Waals surface area contributed by atoms with E-state index in [4.69, 9.17) is 11.6 Å². The Morgan fingerprint density at radius 1 is 1.57 bits per heavy atom. The SMILES string of the molecule is O=C1CC(Cl)CN1Cc1ccccn1. The Balaban J connectivity index is 2.02. The second-order valence-electron chi connectivity index (χ2n) is 3.40. The summed E-state index contributed by atoms with van der Waals surface area (Å²) in [6.07, 6.45) is 2.18. The van der Waals surface area contributed by atoms with E-state index in [0.29, 0.717) is 19.5 Å². The number of alkyl halides is 1. The first-order chi connectivity index (χ1) is 6.75. The predicted octanol–water partition coefficient (Wildman–Crippen LogP) is 1.42. The maximum absolute atomic E-state index is 11.4. The van der Waals surface area contributed by atoms with Crippen LogP contribution in [0, 0.1) is 0 Å². The molecule has 1 amide bonds. The number of hydrogen-bond acceptors (Lipinski definition) is 2. The average Bonchev–Trinajstić information content (AvgIpc) is 2.47. The third-order valence-electron chi connectivity index (χ3n) is 2.25. The summed E-state index contributed by atoms with van der Waals surface area (Å²) in [5.41, 5.74) is 0.909. The topological polar surface area (TPSA) is 33.2 Å². The van der Waals surface area contributed by atoms with E-state index in [1.165, 1.54) is 0 Å². The molecule has 1 aliphatic rings. The van der Waals surface area contributed by atoms with Crippen LogP contribution in [-0.4, -0.2) is 27.7 Å². The molecule has 74 valence electrons. The zero-order chi connectivity index (χ0) is 9.97. The van der Waals surface area contributed by atoms with Crippen LogP contribution in [0.1, 0.15) is 12.1 Å². The Morgan fingerprint density at radius 2 is 2.43 bits per heavy atom. The highest BCUT2D eigenvalue weighted by Crippen LogP contribution is 2.17. The van der Waals surface area contributed by atoms with Crippen LogP contribution in [0.4, 0.5) is 0 Å². The molecule has 1 atom stereocenters. The van der Waals surface area contributed by atoms with E-state index in [-0.39, 0.29) is 11.3 Å². The molecule has 3 nitrogen and oxygen atoms in total. The van der Waals surface area contributed by atoms with Crippen molar-refractivity contribution in [2.45, 2.75) is 18.3 Å². The standard InChI is InChI=1S/C10H11ClN2O/c11-8-5-10(14)13(6-8)7-9-3-1-2-4-12-9/h1-4,8H,5-7H2. The van der Waals surface area contributed by atoms with Crippen molar-refractivity contribution in [2.75, 3.05) is 6.54 Å². The molecular formula is C10H11ClN2O. The molecule has 0 aliphatic carbocycles. The summed E-state index contributed by atoms with van der Waals surface area (Å²) in [5, 5.41) is -0.0359. The smallest absolute Gasteiger partial charge is 0.224 e. The van der Waals surface area contributed by atoms with Crippen molar-refractivity contribution in [3.8, 4) is 0 Å². The number of likely N-dealkylation sites (tertiary alicyclic amines) is 1. The molecule has 0 aromatic carbocycles. The lowest BCUT2D eigenvalue weighted by Crippen LogP contribution is -2.25. The Morgan fingerprint density at radius 3 is 3.00 bits per heavy atom. The first-order valence-electron chi connectivity index (χ1n) is 4.57. The number of pyridine rings is 1. The van der Waals surface area contributed by atoms with E-state index in [0.717, 1.165) is 5.69 Å². The third-order valence-corrected chi connectivity index (χ3v) is 2.54. The van der Waals surface area contributed by atoms with Gasteiger partial charge in [-0.25, -0.2) is 0 Å². The van der Waals surface area contributed by atoms with Gasteiger partial charge in [0.2, 0.25) is 5.91 Å². The molecule has 1 aromatic heterocycles. The van der Waals surface area contributed by atoms with Crippen LogP contribution in [0.5, 0.6) is 0 Å². The Bertz CT molecular complexity index is 328. The molecule has 1 aliphatic heterocycles. The first-order valence-corrected chi connectivity index (χ1v) is 5.01. The molecule has 0 saturated carbocycles. The highest BCUT2D eigenvalue weighted by atomic mass is 35.5. The zero-order valence-corrected chi connectivity index (χ0v) is 8.44. The number of nitrogens with zero attached hydrogens (tertiary/aromatic N) is 2. The number of halogens is 1. The van der Waals surface area contributed by atoms with E-state index in [2.05, 4.69) is 4.98 Å². The summed E-state index contributed by atoms with van der Waals surface area (Å²) in [5.74, 6) is 0.121. The molecule has 2 rings (SSSR count). The van der Waals surface area contributed by atoms with Gasteiger partial charge in [0.15, 0.2) is 0 Å². The van der Waals surface area contributed by atoms with Gasteiger partial charge < -0.3 is 4.90 Å². The van der Waals surface area contributed by atoms with E-state index in [1.54, 1.807) is 11.1 Å². The lowest BCUT2D eigenvalue weighted by Gasteiger charge is -2.14. The van der Waals surface area contributed by atoms with Crippen LogP contribution in [0.15, 0.2) is 24.4 Å². The van der Waals surface area contributed by atoms with E-state index < -0.39 is 0 Å². The summed E-state index contributed by atoms with van der Waals surface area (Å²) in [6.45, 7) is 1.21. The molecule has 4 heteroatoms. The number of amides is 1. The first kappa shape index (κ1) is 9.46. The molecule has 14 heavy (non-hydrogen) atoms. The number of hydrogen-bond donors (Lipinski definition) is 0. The van der Waals surface area contributed by atoms with Gasteiger partial charge in [-0.1, -0.05) is 6.07 Å². The maximum atomic E-state index is 11.4. The summed E-state index contributed by atoms with van der Waals surface area (Å²) in [7, 11) is 0. The molecule has 1 unspecified atom stereocenters. The highest BCUT2D eigenvalue weighted by molar-refractivity contribution is 6.22. The van der Waals surface area contributed by atoms with Gasteiger partial charge in [-0.15, -0.1) is 11.6 Å². The molecule has 2 heterocycles. The quantitative estimate of drug-likeness (QED) is 0.692. The summed E-state index contributed by atoms with van der Waals surface area (Å²) in [6, 6.07) is 5.69. The Labute approximate surface area is 87.7 Å². The third kappa shape index (κ3) is 2.04. The molecule has 1 saturated heterocycles. The molecule has 1 fully saturated rings. The van der Waals surface area contributed by atoms with Gasteiger partial charge in [-0.2, -0.15) is 0 Å². The number of carbonyl (C=O) groups excluding carboxylic acids is 1. The molecule has 0 spiro atoms. The molecule has 0 bridgehead atoms. The lowest BCUT2D eigenvalue weighted by molar-refractivity contribution is -0.128. The van der Waals surface area contributed by atoms with Crippen molar-refractivity contribution in [2.24, 2.45) is 0 Å². The van der Waals surface area contributed by atoms with Gasteiger partial charge in [-0.3, -0.25) is 9.78 Å². The van der Waals surface area contributed by atoms with Gasteiger partial charge in [0.25, 0.3) is 0 Å². The summed E-state index contributed by atoms with van der Waals surface area (Å²) >= 11 is 5.89. The second-order valence-corrected chi connectivity index (χ2v) is 4.01. The second kappa shape index (κ2) is 3.96. The fraction of sp³-hybridized carbons (Fsp3) is 0.400. The summed E-state index contributed by atoms with van der Waals surface area (Å²) in [4.78, 5) is 17.3. The van der Waals surface area contributed by atoms with Crippen molar-refractivity contribution in [1.29, 1.82) is 0 Å². The largest absolute Gasteiger partial charge is 0.335 e. The van der Waals surface area contributed by atoms with Crippen LogP contribution in [0.25, 0.3) is 0 Å². The van der Waals surface area contributed by atoms with Crippen LogP contribution in [0.2, 0.25) is 0 Å². The van der Waals surface area contributed by atoms with E-state index in [1.807, 2.05) is 18.2 Å². The highest BCUT2D eigenvalue weighted by Gasteiger charge is 2.27. The zero-order valence-electron chi connectivity index (χ0n) is 7.69.